The van der Waals surface area contributed by atoms with Crippen LogP contribution in [-0.2, 0) is 19.5 Å². The van der Waals surface area contributed by atoms with Crippen molar-refractivity contribution in [2.75, 3.05) is 0 Å². The molecule has 0 aliphatic carbocycles. The molecular formula is C11H12N6O. The molecule has 0 fully saturated rings. The number of nitrogens with one attached hydrogen (secondary N) is 1. The average molecular weight is 244 g/mol. The van der Waals surface area contributed by atoms with Gasteiger partial charge in [-0.1, -0.05) is 0 Å². The number of hydrogen-bond acceptors (Lipinski definition) is 5. The maximum absolute atomic E-state index is 11.8. The van der Waals surface area contributed by atoms with Crippen molar-refractivity contribution < 1.29 is 4.79 Å². The lowest BCUT2D eigenvalue weighted by molar-refractivity contribution is 0.0944. The molecule has 1 aliphatic heterocycles. The summed E-state index contributed by atoms with van der Waals surface area (Å²) >= 11 is 0. The smallest absolute Gasteiger partial charge is 0.271 e. The molecule has 3 rings (SSSR count). The first-order valence-corrected chi connectivity index (χ1v) is 5.80. The molecule has 2 aromatic rings. The molecule has 0 saturated heterocycles. The molecule has 0 aromatic carbocycles. The van der Waals surface area contributed by atoms with Crippen molar-refractivity contribution in [3.05, 3.63) is 35.9 Å². The van der Waals surface area contributed by atoms with Gasteiger partial charge in [-0.3, -0.25) is 9.78 Å². The first kappa shape index (κ1) is 10.8. The highest BCUT2D eigenvalue weighted by atomic mass is 16.1. The van der Waals surface area contributed by atoms with Crippen LogP contribution in [0.2, 0.25) is 0 Å². The molecule has 0 atom stereocenters. The number of amides is 1. The van der Waals surface area contributed by atoms with Crippen molar-refractivity contribution in [1.29, 1.82) is 0 Å². The summed E-state index contributed by atoms with van der Waals surface area (Å²) in [5, 5.41) is 10.9. The van der Waals surface area contributed by atoms with Crippen LogP contribution in [0.4, 0.5) is 0 Å². The van der Waals surface area contributed by atoms with Gasteiger partial charge in [0.15, 0.2) is 5.82 Å². The van der Waals surface area contributed by atoms with E-state index in [9.17, 15) is 4.79 Å². The zero-order chi connectivity index (χ0) is 12.4. The molecule has 0 spiro atoms. The lowest BCUT2D eigenvalue weighted by Gasteiger charge is -2.04. The molecule has 7 nitrogen and oxygen atoms in total. The average Bonchev–Trinajstić information content (AvgIpc) is 3.00. The largest absolute Gasteiger partial charge is 0.343 e. The predicted molar refractivity (Wildman–Crippen MR) is 61.5 cm³/mol. The Labute approximate surface area is 103 Å². The van der Waals surface area contributed by atoms with Gasteiger partial charge >= 0.3 is 0 Å². The third-order valence-electron chi connectivity index (χ3n) is 2.89. The molecule has 1 amide bonds. The fraction of sp³-hybridized carbons (Fsp3) is 0.364. The fourth-order valence-corrected chi connectivity index (χ4v) is 2.01. The van der Waals surface area contributed by atoms with Gasteiger partial charge in [0.1, 0.15) is 11.5 Å². The van der Waals surface area contributed by atoms with Gasteiger partial charge in [-0.15, -0.1) is 10.2 Å². The first-order valence-electron chi connectivity index (χ1n) is 5.80. The van der Waals surface area contributed by atoms with E-state index in [1.807, 2.05) is 0 Å². The summed E-state index contributed by atoms with van der Waals surface area (Å²) in [5.74, 6) is 1.54. The van der Waals surface area contributed by atoms with Crippen molar-refractivity contribution in [3.8, 4) is 0 Å². The Morgan fingerprint density at radius 1 is 1.39 bits per heavy atom. The van der Waals surface area contributed by atoms with Crippen LogP contribution >= 0.6 is 0 Å². The van der Waals surface area contributed by atoms with E-state index < -0.39 is 0 Å². The second kappa shape index (κ2) is 4.52. The van der Waals surface area contributed by atoms with Crippen LogP contribution in [0.5, 0.6) is 0 Å². The van der Waals surface area contributed by atoms with Crippen LogP contribution in [0.3, 0.4) is 0 Å². The Balaban J connectivity index is 1.66. The van der Waals surface area contributed by atoms with Gasteiger partial charge in [-0.2, -0.15) is 0 Å². The molecule has 92 valence electrons. The minimum absolute atomic E-state index is 0.251. The van der Waals surface area contributed by atoms with Gasteiger partial charge in [0.2, 0.25) is 0 Å². The molecule has 1 N–H and O–H groups in total. The quantitative estimate of drug-likeness (QED) is 0.817. The molecular weight excluding hydrogens is 232 g/mol. The minimum atomic E-state index is -0.251. The van der Waals surface area contributed by atoms with Gasteiger partial charge in [0.05, 0.1) is 12.7 Å². The van der Waals surface area contributed by atoms with Gasteiger partial charge in [-0.25, -0.2) is 4.98 Å². The van der Waals surface area contributed by atoms with E-state index >= 15 is 0 Å². The summed E-state index contributed by atoms with van der Waals surface area (Å²) in [5.41, 5.74) is 0.304. The molecule has 7 heteroatoms. The normalized spacial score (nSPS) is 13.3. The highest BCUT2D eigenvalue weighted by molar-refractivity contribution is 5.91. The van der Waals surface area contributed by atoms with Crippen molar-refractivity contribution >= 4 is 5.91 Å². The van der Waals surface area contributed by atoms with Crippen molar-refractivity contribution in [3.63, 3.8) is 0 Å². The minimum Gasteiger partial charge on any atom is -0.343 e. The number of rotatable bonds is 3. The highest BCUT2D eigenvalue weighted by Gasteiger charge is 2.17. The van der Waals surface area contributed by atoms with Gasteiger partial charge in [0.25, 0.3) is 5.91 Å². The number of hydrogen-bond donors (Lipinski definition) is 1. The topological polar surface area (TPSA) is 85.6 Å². The fourth-order valence-electron chi connectivity index (χ4n) is 2.01. The number of aryl methyl sites for hydroxylation is 1. The lowest BCUT2D eigenvalue weighted by atomic mass is 10.4. The van der Waals surface area contributed by atoms with E-state index in [4.69, 9.17) is 0 Å². The molecule has 18 heavy (non-hydrogen) atoms. The van der Waals surface area contributed by atoms with E-state index in [-0.39, 0.29) is 5.91 Å². The predicted octanol–water partition coefficient (Wildman–Crippen LogP) is -0.0557. The monoisotopic (exact) mass is 244 g/mol. The second-order valence-electron chi connectivity index (χ2n) is 4.06. The Morgan fingerprint density at radius 2 is 2.33 bits per heavy atom. The maximum atomic E-state index is 11.8. The summed E-state index contributed by atoms with van der Waals surface area (Å²) in [6, 6.07) is 0. The second-order valence-corrected chi connectivity index (χ2v) is 4.06. The van der Waals surface area contributed by atoms with Crippen LogP contribution < -0.4 is 5.32 Å². The maximum Gasteiger partial charge on any atom is 0.271 e. The highest BCUT2D eigenvalue weighted by Crippen LogP contribution is 2.13. The van der Waals surface area contributed by atoms with Gasteiger partial charge < -0.3 is 9.88 Å². The summed E-state index contributed by atoms with van der Waals surface area (Å²) < 4.78 is 2.05. The van der Waals surface area contributed by atoms with E-state index in [2.05, 4.69) is 30.0 Å². The van der Waals surface area contributed by atoms with E-state index in [0.29, 0.717) is 12.2 Å². The Morgan fingerprint density at radius 3 is 3.17 bits per heavy atom. The summed E-state index contributed by atoms with van der Waals surface area (Å²) in [6.45, 7) is 1.29. The van der Waals surface area contributed by atoms with Crippen LogP contribution in [0.1, 0.15) is 28.6 Å². The first-order chi connectivity index (χ1) is 8.84. The summed E-state index contributed by atoms with van der Waals surface area (Å²) in [4.78, 5) is 19.6. The van der Waals surface area contributed by atoms with Crippen LogP contribution in [-0.4, -0.2) is 30.6 Å². The van der Waals surface area contributed by atoms with Crippen molar-refractivity contribution in [1.82, 2.24) is 30.0 Å². The number of aromatic nitrogens is 5. The molecule has 3 heterocycles. The van der Waals surface area contributed by atoms with Crippen LogP contribution in [0.25, 0.3) is 0 Å². The number of carbonyl (C=O) groups is 1. The standard InChI is InChI=1S/C11H12N6O/c18-11(8-6-12-3-4-13-8)14-7-10-16-15-9-2-1-5-17(9)10/h3-4,6H,1-2,5,7H2,(H,14,18). The third kappa shape index (κ3) is 1.94. The molecule has 1 aliphatic rings. The molecule has 0 unspecified atom stereocenters. The SMILES string of the molecule is O=C(NCc1nnc2n1CCC2)c1cnccn1. The number of nitrogens with zero attached hydrogens (tertiary/aromatic N) is 5. The Bertz CT molecular complexity index is 564. The van der Waals surface area contributed by atoms with Gasteiger partial charge in [-0.05, 0) is 6.42 Å². The summed E-state index contributed by atoms with van der Waals surface area (Å²) in [7, 11) is 0. The Hall–Kier alpha value is -2.31. The molecule has 0 saturated carbocycles. The van der Waals surface area contributed by atoms with Crippen molar-refractivity contribution in [2.45, 2.75) is 25.9 Å². The zero-order valence-electron chi connectivity index (χ0n) is 9.70. The summed E-state index contributed by atoms with van der Waals surface area (Å²) in [6.07, 6.45) is 6.51. The van der Waals surface area contributed by atoms with E-state index in [0.717, 1.165) is 31.0 Å². The third-order valence-corrected chi connectivity index (χ3v) is 2.89. The van der Waals surface area contributed by atoms with Crippen LogP contribution in [0, 0.1) is 0 Å². The molecule has 2 aromatic heterocycles. The zero-order valence-corrected chi connectivity index (χ0v) is 9.70. The van der Waals surface area contributed by atoms with E-state index in [1.165, 1.54) is 18.6 Å². The lowest BCUT2D eigenvalue weighted by Crippen LogP contribution is -2.25. The molecule has 0 bridgehead atoms. The number of fused-ring (bicyclic) bond motifs is 1. The van der Waals surface area contributed by atoms with Gasteiger partial charge in [0, 0.05) is 25.4 Å². The van der Waals surface area contributed by atoms with Crippen LogP contribution in [0.15, 0.2) is 18.6 Å². The number of carbonyl (C=O) groups excluding carboxylic acids is 1. The van der Waals surface area contributed by atoms with E-state index in [1.54, 1.807) is 0 Å². The molecule has 0 radical (unpaired) electrons. The van der Waals surface area contributed by atoms with Crippen molar-refractivity contribution in [2.24, 2.45) is 0 Å². The Kier molecular flexibility index (Phi) is 2.71.